The van der Waals surface area contributed by atoms with E-state index < -0.39 is 35.4 Å². The summed E-state index contributed by atoms with van der Waals surface area (Å²) >= 11 is 6.71. The van der Waals surface area contributed by atoms with E-state index in [-0.39, 0.29) is 5.91 Å². The average Bonchev–Trinajstić information content (AvgIpc) is 3.62. The lowest BCUT2D eigenvalue weighted by molar-refractivity contribution is -0.137. The molecule has 0 saturated carbocycles. The second kappa shape index (κ2) is 15.5. The van der Waals surface area contributed by atoms with Gasteiger partial charge in [0.05, 0.1) is 48.6 Å². The number of anilines is 3. The van der Waals surface area contributed by atoms with Crippen LogP contribution in [-0.4, -0.2) is 92.8 Å². The number of methoxy groups -OCH3 is 1. The Bertz CT molecular complexity index is 1640. The van der Waals surface area contributed by atoms with E-state index in [1.807, 2.05) is 44.2 Å². The number of likely N-dealkylation sites (N-methyl/N-ethyl adjacent to an activating group) is 1. The molecule has 3 heterocycles. The van der Waals surface area contributed by atoms with Crippen molar-refractivity contribution in [1.29, 1.82) is 0 Å². The zero-order valence-electron chi connectivity index (χ0n) is 28.1. The number of imide groups is 1. The number of fused-ring (bicyclic) bond motifs is 1. The molecule has 5 N–H and O–H groups in total. The van der Waals surface area contributed by atoms with Crippen molar-refractivity contribution >= 4 is 57.4 Å². The summed E-state index contributed by atoms with van der Waals surface area (Å²) in [5, 5.41) is 16.2. The molecule has 0 unspecified atom stereocenters. The van der Waals surface area contributed by atoms with E-state index in [0.717, 1.165) is 41.8 Å². The van der Waals surface area contributed by atoms with Crippen molar-refractivity contribution < 1.29 is 23.9 Å². The van der Waals surface area contributed by atoms with Crippen molar-refractivity contribution in [2.45, 2.75) is 58.2 Å². The number of benzene rings is 2. The molecular weight excluding hydrogens is 636 g/mol. The van der Waals surface area contributed by atoms with Crippen LogP contribution in [0.15, 0.2) is 36.7 Å². The minimum atomic E-state index is -1.04. The monoisotopic (exact) mass is 680 g/mol. The minimum Gasteiger partial charge on any atom is -0.496 e. The molecule has 2 saturated heterocycles. The zero-order valence-corrected chi connectivity index (χ0v) is 28.9. The predicted molar refractivity (Wildman–Crippen MR) is 186 cm³/mol. The third-order valence-corrected chi connectivity index (χ3v) is 9.33. The normalized spacial score (nSPS) is 17.9. The van der Waals surface area contributed by atoms with Gasteiger partial charge in [0.2, 0.25) is 17.7 Å². The van der Waals surface area contributed by atoms with Gasteiger partial charge in [0.15, 0.2) is 0 Å². The average molecular weight is 681 g/mol. The Kier molecular flexibility index (Phi) is 11.4. The fraction of sp³-hybridized carbons (Fsp3) is 0.500. The van der Waals surface area contributed by atoms with Crippen molar-refractivity contribution in [3.05, 3.63) is 47.2 Å². The Balaban J connectivity index is 1.43. The molecule has 3 atom stereocenters. The maximum atomic E-state index is 13.7. The first kappa shape index (κ1) is 35.3. The van der Waals surface area contributed by atoms with Crippen molar-refractivity contribution in [2.75, 3.05) is 57.2 Å². The third-order valence-electron chi connectivity index (χ3n) is 9.03. The second-order valence-electron chi connectivity index (χ2n) is 12.9. The lowest BCUT2D eigenvalue weighted by atomic mass is 9.77. The van der Waals surface area contributed by atoms with Crippen LogP contribution in [0.5, 0.6) is 5.75 Å². The highest BCUT2D eigenvalue weighted by Gasteiger charge is 2.39. The van der Waals surface area contributed by atoms with E-state index in [9.17, 15) is 14.4 Å². The third kappa shape index (κ3) is 8.15. The topological polar surface area (TPSA) is 159 Å². The number of nitrogens with one attached hydrogen (secondary N) is 5. The van der Waals surface area contributed by atoms with Gasteiger partial charge < -0.3 is 35.6 Å². The van der Waals surface area contributed by atoms with Crippen molar-refractivity contribution in [3.8, 4) is 5.75 Å². The zero-order chi connectivity index (χ0) is 34.4. The first-order valence-corrected chi connectivity index (χ1v) is 16.6. The summed E-state index contributed by atoms with van der Waals surface area (Å²) < 4.78 is 11.3. The molecule has 0 spiro atoms. The van der Waals surface area contributed by atoms with Gasteiger partial charge in [0, 0.05) is 30.2 Å². The molecule has 14 heteroatoms. The van der Waals surface area contributed by atoms with E-state index in [4.69, 9.17) is 21.1 Å². The lowest BCUT2D eigenvalue weighted by Crippen LogP contribution is -2.59. The number of carbonyl (C=O) groups excluding carboxylic acids is 3. The molecule has 2 aromatic carbocycles. The number of hydrogen-bond donors (Lipinski definition) is 5. The SMILES string of the molecule is CN[C@@H](C)C(=O)N[C@H](C(=O)NC(=O)[C@@H]1CCCN1)C(C)(C)Cc1cc2c(Nc3ccc(N4CCOCC4)c(Cl)c3)ncnc2cc1OC. The van der Waals surface area contributed by atoms with Crippen molar-refractivity contribution in [1.82, 2.24) is 31.2 Å². The molecule has 2 aliphatic heterocycles. The maximum Gasteiger partial charge on any atom is 0.249 e. The van der Waals surface area contributed by atoms with Gasteiger partial charge in [-0.1, -0.05) is 25.4 Å². The molecular formula is C34H45ClN8O5. The number of aromatic nitrogens is 2. The minimum absolute atomic E-state index is 0.308. The Morgan fingerprint density at radius 1 is 1.15 bits per heavy atom. The molecule has 1 aromatic heterocycles. The van der Waals surface area contributed by atoms with Crippen LogP contribution >= 0.6 is 11.6 Å². The quantitative estimate of drug-likeness (QED) is 0.192. The highest BCUT2D eigenvalue weighted by molar-refractivity contribution is 6.33. The van der Waals surface area contributed by atoms with Gasteiger partial charge in [-0.2, -0.15) is 0 Å². The Morgan fingerprint density at radius 2 is 1.92 bits per heavy atom. The molecule has 48 heavy (non-hydrogen) atoms. The molecule has 0 bridgehead atoms. The lowest BCUT2D eigenvalue weighted by Gasteiger charge is -2.35. The summed E-state index contributed by atoms with van der Waals surface area (Å²) in [6.45, 7) is 9.05. The molecule has 3 aromatic rings. The van der Waals surface area contributed by atoms with Crippen molar-refractivity contribution in [2.24, 2.45) is 5.41 Å². The molecule has 0 aliphatic carbocycles. The van der Waals surface area contributed by atoms with Gasteiger partial charge in [0.25, 0.3) is 0 Å². The van der Waals surface area contributed by atoms with Crippen LogP contribution in [0.3, 0.4) is 0 Å². The Hall–Kier alpha value is -4.04. The largest absolute Gasteiger partial charge is 0.496 e. The fourth-order valence-corrected chi connectivity index (χ4v) is 6.43. The molecule has 258 valence electrons. The number of halogens is 1. The summed E-state index contributed by atoms with van der Waals surface area (Å²) in [6, 6.07) is 7.53. The van der Waals surface area contributed by atoms with Gasteiger partial charge in [-0.3, -0.25) is 19.7 Å². The molecule has 0 radical (unpaired) electrons. The van der Waals surface area contributed by atoms with Crippen LogP contribution in [0.1, 0.15) is 39.2 Å². The van der Waals surface area contributed by atoms with Crippen LogP contribution in [0.4, 0.5) is 17.2 Å². The molecule has 2 fully saturated rings. The van der Waals surface area contributed by atoms with Crippen LogP contribution in [0.2, 0.25) is 5.02 Å². The van der Waals surface area contributed by atoms with Crippen LogP contribution in [0, 0.1) is 5.41 Å². The van der Waals surface area contributed by atoms with Crippen LogP contribution in [0.25, 0.3) is 10.9 Å². The summed E-state index contributed by atoms with van der Waals surface area (Å²) in [7, 11) is 3.24. The number of rotatable bonds is 12. The first-order valence-electron chi connectivity index (χ1n) is 16.3. The molecule has 5 rings (SSSR count). The van der Waals surface area contributed by atoms with Crippen LogP contribution < -0.4 is 36.2 Å². The second-order valence-corrected chi connectivity index (χ2v) is 13.3. The van der Waals surface area contributed by atoms with Gasteiger partial charge in [-0.15, -0.1) is 0 Å². The number of carbonyl (C=O) groups is 3. The first-order chi connectivity index (χ1) is 23.0. The number of ether oxygens (including phenoxy) is 2. The van der Waals surface area contributed by atoms with Gasteiger partial charge in [0.1, 0.15) is 23.9 Å². The molecule has 2 aliphatic rings. The molecule has 13 nitrogen and oxygen atoms in total. The number of amides is 3. The summed E-state index contributed by atoms with van der Waals surface area (Å²) in [5.41, 5.74) is 2.26. The summed E-state index contributed by atoms with van der Waals surface area (Å²) in [4.78, 5) is 50.9. The van der Waals surface area contributed by atoms with Crippen molar-refractivity contribution in [3.63, 3.8) is 0 Å². The predicted octanol–water partition coefficient (Wildman–Crippen LogP) is 2.93. The highest BCUT2D eigenvalue weighted by Crippen LogP contribution is 2.36. The van der Waals surface area contributed by atoms with Gasteiger partial charge in [-0.25, -0.2) is 9.97 Å². The fourth-order valence-electron chi connectivity index (χ4n) is 6.13. The smallest absolute Gasteiger partial charge is 0.249 e. The van der Waals surface area contributed by atoms with E-state index in [1.165, 1.54) is 6.33 Å². The van der Waals surface area contributed by atoms with Gasteiger partial charge in [-0.05, 0) is 75.0 Å². The number of hydrogen-bond acceptors (Lipinski definition) is 11. The Labute approximate surface area is 285 Å². The molecule has 3 amide bonds. The van der Waals surface area contributed by atoms with E-state index in [1.54, 1.807) is 21.1 Å². The van der Waals surface area contributed by atoms with E-state index >= 15 is 0 Å². The number of nitrogens with zero attached hydrogens (tertiary/aromatic N) is 3. The Morgan fingerprint density at radius 3 is 2.58 bits per heavy atom. The van der Waals surface area contributed by atoms with E-state index in [2.05, 4.69) is 41.5 Å². The summed E-state index contributed by atoms with van der Waals surface area (Å²) in [5.74, 6) is -0.196. The standard InChI is InChI=1S/C34H45ClN8O5/c1-20(36-4)31(44)41-29(33(46)42-32(45)25-7-6-10-37-25)34(2,3)18-21-15-23-26(17-28(21)47-5)38-19-39-30(23)40-22-8-9-27(24(35)16-22)43-11-13-48-14-12-43/h8-9,15-17,19-20,25,29,36-37H,6-7,10-14,18H2,1-5H3,(H,41,44)(H,38,39,40)(H,42,45,46)/t20-,25-,29+/m0/s1. The van der Waals surface area contributed by atoms with Gasteiger partial charge >= 0.3 is 0 Å². The summed E-state index contributed by atoms with van der Waals surface area (Å²) in [6.07, 6.45) is 3.29. The van der Waals surface area contributed by atoms with Crippen LogP contribution in [-0.2, 0) is 25.5 Å². The highest BCUT2D eigenvalue weighted by atomic mass is 35.5. The van der Waals surface area contributed by atoms with E-state index in [0.29, 0.717) is 54.7 Å². The number of morpholine rings is 1. The maximum absolute atomic E-state index is 13.7.